The minimum atomic E-state index is -4.61. The van der Waals surface area contributed by atoms with E-state index < -0.39 is 51.8 Å². The van der Waals surface area contributed by atoms with Crippen molar-refractivity contribution in [2.75, 3.05) is 26.4 Å². The maximum absolute atomic E-state index is 12.6. The van der Waals surface area contributed by atoms with Gasteiger partial charge in [0.2, 0.25) is 0 Å². The van der Waals surface area contributed by atoms with Crippen molar-refractivity contribution in [1.29, 1.82) is 0 Å². The molecule has 0 aliphatic heterocycles. The van der Waals surface area contributed by atoms with Crippen molar-refractivity contribution in [3.8, 4) is 0 Å². The normalized spacial score (nSPS) is 13.8. The van der Waals surface area contributed by atoms with Crippen molar-refractivity contribution in [2.24, 2.45) is 0 Å². The monoisotopic (exact) mass is 833 g/mol. The Hall–Kier alpha value is -1.29. The largest absolute Gasteiger partial charge is 0.472 e. The van der Waals surface area contributed by atoms with Crippen LogP contribution in [0.1, 0.15) is 232 Å². The molecule has 0 aliphatic rings. The number of hydrogen-bond donors (Lipinski definition) is 3. The number of phosphoric ester groups is 1. The Morgan fingerprint density at radius 3 is 1.32 bits per heavy atom. The Balaban J connectivity index is 4.19. The SMILES string of the molecule is CCCC/C=C/CCCCCCCCCCCC(=O)OC[C@H](COP(=O)(O)OC[C@@H](O)CO)OC(=O)CCCCCCCCCCCCCCCCCCCCC. The van der Waals surface area contributed by atoms with Crippen molar-refractivity contribution in [3.63, 3.8) is 0 Å². The quantitative estimate of drug-likeness (QED) is 0.0234. The molecule has 0 aliphatic carbocycles. The van der Waals surface area contributed by atoms with Crippen molar-refractivity contribution >= 4 is 19.8 Å². The number of unbranched alkanes of at least 4 members (excludes halogenated alkanes) is 29. The maximum atomic E-state index is 12.6. The summed E-state index contributed by atoms with van der Waals surface area (Å²) in [5, 5.41) is 18.4. The van der Waals surface area contributed by atoms with Gasteiger partial charge < -0.3 is 24.6 Å². The number of aliphatic hydroxyl groups excluding tert-OH is 2. The molecular weight excluding hydrogens is 743 g/mol. The van der Waals surface area contributed by atoms with Crippen LogP contribution in [0, 0.1) is 0 Å². The molecule has 0 aromatic carbocycles. The van der Waals surface area contributed by atoms with Crippen molar-refractivity contribution < 1.29 is 47.8 Å². The number of phosphoric acid groups is 1. The Labute approximate surface area is 349 Å². The van der Waals surface area contributed by atoms with E-state index in [1.807, 2.05) is 0 Å². The number of aliphatic hydroxyl groups is 2. The molecule has 10 nitrogen and oxygen atoms in total. The highest BCUT2D eigenvalue weighted by Crippen LogP contribution is 2.43. The zero-order valence-electron chi connectivity index (χ0n) is 36.8. The molecule has 0 rings (SSSR count). The van der Waals surface area contributed by atoms with Gasteiger partial charge >= 0.3 is 19.8 Å². The molecule has 11 heteroatoms. The fraction of sp³-hybridized carbons (Fsp3) is 0.913. The van der Waals surface area contributed by atoms with Crippen molar-refractivity contribution in [2.45, 2.75) is 244 Å². The van der Waals surface area contributed by atoms with Crippen LogP contribution in [-0.2, 0) is 32.7 Å². The molecule has 338 valence electrons. The van der Waals surface area contributed by atoms with E-state index in [1.165, 1.54) is 154 Å². The Morgan fingerprint density at radius 2 is 0.877 bits per heavy atom. The van der Waals surface area contributed by atoms with E-state index in [0.717, 1.165) is 38.5 Å². The lowest BCUT2D eigenvalue weighted by Gasteiger charge is -2.20. The number of allylic oxidation sites excluding steroid dienone is 2. The van der Waals surface area contributed by atoms with E-state index >= 15 is 0 Å². The van der Waals surface area contributed by atoms with Gasteiger partial charge in [0, 0.05) is 12.8 Å². The molecule has 3 atom stereocenters. The van der Waals surface area contributed by atoms with Gasteiger partial charge in [-0.15, -0.1) is 0 Å². The van der Waals surface area contributed by atoms with Crippen LogP contribution in [0.15, 0.2) is 12.2 Å². The summed E-state index contributed by atoms with van der Waals surface area (Å²) in [7, 11) is -4.61. The van der Waals surface area contributed by atoms with E-state index in [4.69, 9.17) is 23.6 Å². The fourth-order valence-electron chi connectivity index (χ4n) is 6.74. The second kappa shape index (κ2) is 42.8. The number of carbonyl (C=O) groups excluding carboxylic acids is 2. The number of carbonyl (C=O) groups is 2. The lowest BCUT2D eigenvalue weighted by Crippen LogP contribution is -2.29. The van der Waals surface area contributed by atoms with Gasteiger partial charge in [-0.3, -0.25) is 18.6 Å². The van der Waals surface area contributed by atoms with Crippen LogP contribution in [0.2, 0.25) is 0 Å². The summed E-state index contributed by atoms with van der Waals surface area (Å²) in [4.78, 5) is 35.1. The third kappa shape index (κ3) is 42.6. The average Bonchev–Trinajstić information content (AvgIpc) is 3.20. The summed E-state index contributed by atoms with van der Waals surface area (Å²) in [5.41, 5.74) is 0. The van der Waals surface area contributed by atoms with Gasteiger partial charge in [-0.1, -0.05) is 199 Å². The molecule has 0 spiro atoms. The summed E-state index contributed by atoms with van der Waals surface area (Å²) in [6.07, 6.45) is 41.7. The molecule has 0 saturated heterocycles. The van der Waals surface area contributed by atoms with Gasteiger partial charge in [0.25, 0.3) is 0 Å². The lowest BCUT2D eigenvalue weighted by molar-refractivity contribution is -0.161. The Bertz CT molecular complexity index is 961. The van der Waals surface area contributed by atoms with E-state index in [9.17, 15) is 24.2 Å². The highest BCUT2D eigenvalue weighted by atomic mass is 31.2. The first-order valence-corrected chi connectivity index (χ1v) is 25.1. The smallest absolute Gasteiger partial charge is 0.462 e. The Kier molecular flexibility index (Phi) is 41.9. The third-order valence-corrected chi connectivity index (χ3v) is 11.4. The van der Waals surface area contributed by atoms with Gasteiger partial charge in [-0.2, -0.15) is 0 Å². The van der Waals surface area contributed by atoms with Gasteiger partial charge in [-0.25, -0.2) is 4.57 Å². The standard InChI is InChI=1S/C46H89O10P/c1-3-5-7-9-11-13-15-17-19-20-21-22-24-26-28-30-32-34-36-38-46(50)56-44(42-55-57(51,52)54-40-43(48)39-47)41-53-45(49)37-35-33-31-29-27-25-23-18-16-14-12-10-8-6-4-2/h10,12,43-44,47-48H,3-9,11,13-42H2,1-2H3,(H,51,52)/b12-10+/t43-,44+/m0/s1. The predicted molar refractivity (Wildman–Crippen MR) is 233 cm³/mol. The summed E-state index contributed by atoms with van der Waals surface area (Å²) in [6.45, 7) is 2.39. The van der Waals surface area contributed by atoms with E-state index in [1.54, 1.807) is 0 Å². The highest BCUT2D eigenvalue weighted by Gasteiger charge is 2.27. The maximum Gasteiger partial charge on any atom is 0.472 e. The van der Waals surface area contributed by atoms with E-state index in [0.29, 0.717) is 12.8 Å². The predicted octanol–water partition coefficient (Wildman–Crippen LogP) is 12.8. The van der Waals surface area contributed by atoms with Gasteiger partial charge in [0.05, 0.1) is 19.8 Å². The van der Waals surface area contributed by atoms with Crippen LogP contribution in [0.4, 0.5) is 0 Å². The van der Waals surface area contributed by atoms with Crippen LogP contribution in [0.3, 0.4) is 0 Å². The second-order valence-corrected chi connectivity index (χ2v) is 17.6. The third-order valence-electron chi connectivity index (χ3n) is 10.4. The van der Waals surface area contributed by atoms with Gasteiger partial charge in [0.15, 0.2) is 6.10 Å². The van der Waals surface area contributed by atoms with Crippen LogP contribution in [0.5, 0.6) is 0 Å². The molecule has 0 radical (unpaired) electrons. The van der Waals surface area contributed by atoms with Crippen molar-refractivity contribution in [3.05, 3.63) is 12.2 Å². The number of esters is 2. The fourth-order valence-corrected chi connectivity index (χ4v) is 7.53. The minimum Gasteiger partial charge on any atom is -0.462 e. The first-order valence-electron chi connectivity index (χ1n) is 23.6. The molecule has 0 aromatic rings. The molecule has 3 N–H and O–H groups in total. The van der Waals surface area contributed by atoms with Crippen LogP contribution >= 0.6 is 7.82 Å². The topological polar surface area (TPSA) is 149 Å². The van der Waals surface area contributed by atoms with Gasteiger partial charge in [-0.05, 0) is 32.1 Å². The molecule has 0 fully saturated rings. The van der Waals surface area contributed by atoms with E-state index in [2.05, 4.69) is 26.0 Å². The second-order valence-electron chi connectivity index (χ2n) is 16.1. The number of hydrogen-bond acceptors (Lipinski definition) is 9. The molecule has 0 bridgehead atoms. The average molecular weight is 833 g/mol. The minimum absolute atomic E-state index is 0.190. The Morgan fingerprint density at radius 1 is 0.509 bits per heavy atom. The zero-order chi connectivity index (χ0) is 41.9. The van der Waals surface area contributed by atoms with Crippen LogP contribution in [-0.4, -0.2) is 65.7 Å². The first-order chi connectivity index (χ1) is 27.7. The van der Waals surface area contributed by atoms with Crippen molar-refractivity contribution in [1.82, 2.24) is 0 Å². The highest BCUT2D eigenvalue weighted by molar-refractivity contribution is 7.47. The number of rotatable bonds is 45. The molecule has 57 heavy (non-hydrogen) atoms. The zero-order valence-corrected chi connectivity index (χ0v) is 37.7. The van der Waals surface area contributed by atoms with Gasteiger partial charge in [0.1, 0.15) is 12.7 Å². The molecule has 0 saturated carbocycles. The molecule has 1 unspecified atom stereocenters. The molecule has 0 aromatic heterocycles. The summed E-state index contributed by atoms with van der Waals surface area (Å²) in [5.74, 6) is -0.914. The summed E-state index contributed by atoms with van der Waals surface area (Å²) < 4.78 is 32.8. The first kappa shape index (κ1) is 55.7. The number of ether oxygens (including phenoxy) is 2. The summed E-state index contributed by atoms with van der Waals surface area (Å²) in [6, 6.07) is 0. The summed E-state index contributed by atoms with van der Waals surface area (Å²) >= 11 is 0. The molecule has 0 amide bonds. The van der Waals surface area contributed by atoms with Crippen LogP contribution in [0.25, 0.3) is 0 Å². The van der Waals surface area contributed by atoms with E-state index in [-0.39, 0.29) is 19.4 Å². The van der Waals surface area contributed by atoms with Crippen LogP contribution < -0.4 is 0 Å². The molecule has 0 heterocycles. The molecular formula is C46H89O10P. The lowest BCUT2D eigenvalue weighted by atomic mass is 10.0.